The van der Waals surface area contributed by atoms with Crippen LogP contribution in [0.4, 0.5) is 0 Å². The zero-order valence-electron chi connectivity index (χ0n) is 7.82. The lowest BCUT2D eigenvalue weighted by atomic mass is 10.2. The van der Waals surface area contributed by atoms with Crippen LogP contribution in [0.25, 0.3) is 0 Å². The van der Waals surface area contributed by atoms with Crippen LogP contribution in [0, 0.1) is 0 Å². The fourth-order valence-corrected chi connectivity index (χ4v) is 1.50. The Morgan fingerprint density at radius 3 is 3.00 bits per heavy atom. The first-order chi connectivity index (χ1) is 6.70. The van der Waals surface area contributed by atoms with E-state index >= 15 is 0 Å². The van der Waals surface area contributed by atoms with Gasteiger partial charge in [0.05, 0.1) is 0 Å². The molecule has 1 aromatic heterocycles. The van der Waals surface area contributed by atoms with E-state index in [4.69, 9.17) is 4.74 Å². The molecule has 14 heavy (non-hydrogen) atoms. The summed E-state index contributed by atoms with van der Waals surface area (Å²) in [5.74, 6) is 0. The average molecular weight is 197 g/mol. The molecule has 6 heteroatoms. The highest BCUT2D eigenvalue weighted by molar-refractivity contribution is 5.00. The van der Waals surface area contributed by atoms with Crippen LogP contribution >= 0.6 is 0 Å². The van der Waals surface area contributed by atoms with Crippen molar-refractivity contribution in [3.63, 3.8) is 0 Å². The molecular formula is C8H11N3O3. The van der Waals surface area contributed by atoms with Crippen molar-refractivity contribution in [1.29, 1.82) is 0 Å². The lowest BCUT2D eigenvalue weighted by Gasteiger charge is -2.07. The van der Waals surface area contributed by atoms with Crippen molar-refractivity contribution in [3.8, 4) is 0 Å². The molecule has 1 atom stereocenters. The first-order valence-electron chi connectivity index (χ1n) is 4.47. The standard InChI is InChI=1S/C8H11N3O3/c1-11-7(12)6(9-10-8(11)13)5-3-2-4-14-5/h5H,2-4H2,1H3,(H,10,13). The van der Waals surface area contributed by atoms with Gasteiger partial charge in [-0.2, -0.15) is 5.10 Å². The van der Waals surface area contributed by atoms with E-state index in [0.29, 0.717) is 12.3 Å². The summed E-state index contributed by atoms with van der Waals surface area (Å²) in [6.07, 6.45) is 1.45. The normalized spacial score (nSPS) is 21.4. The molecule has 0 spiro atoms. The Balaban J connectivity index is 2.49. The van der Waals surface area contributed by atoms with Gasteiger partial charge in [-0.15, -0.1) is 0 Å². The highest BCUT2D eigenvalue weighted by Gasteiger charge is 2.23. The van der Waals surface area contributed by atoms with Gasteiger partial charge in [0.2, 0.25) is 0 Å². The molecule has 0 bridgehead atoms. The SMILES string of the molecule is Cn1c(=O)[nH]nc(C2CCCO2)c1=O. The second-order valence-electron chi connectivity index (χ2n) is 3.28. The van der Waals surface area contributed by atoms with E-state index in [2.05, 4.69) is 10.2 Å². The highest BCUT2D eigenvalue weighted by atomic mass is 16.5. The van der Waals surface area contributed by atoms with Gasteiger partial charge in [0.25, 0.3) is 5.56 Å². The van der Waals surface area contributed by atoms with Crippen LogP contribution in [0.5, 0.6) is 0 Å². The van der Waals surface area contributed by atoms with Crippen molar-refractivity contribution in [1.82, 2.24) is 14.8 Å². The molecule has 76 valence electrons. The second kappa shape index (κ2) is 3.38. The van der Waals surface area contributed by atoms with Crippen LogP contribution in [-0.4, -0.2) is 21.4 Å². The zero-order valence-corrected chi connectivity index (χ0v) is 7.82. The van der Waals surface area contributed by atoms with Crippen molar-refractivity contribution in [2.75, 3.05) is 6.61 Å². The van der Waals surface area contributed by atoms with Crippen molar-refractivity contribution in [3.05, 3.63) is 26.5 Å². The van der Waals surface area contributed by atoms with E-state index in [1.54, 1.807) is 0 Å². The van der Waals surface area contributed by atoms with Crippen LogP contribution < -0.4 is 11.2 Å². The van der Waals surface area contributed by atoms with Crippen LogP contribution in [0.15, 0.2) is 9.59 Å². The van der Waals surface area contributed by atoms with Gasteiger partial charge in [-0.05, 0) is 12.8 Å². The molecule has 1 unspecified atom stereocenters. The van der Waals surface area contributed by atoms with E-state index in [9.17, 15) is 9.59 Å². The fraction of sp³-hybridized carbons (Fsp3) is 0.625. The Morgan fingerprint density at radius 2 is 2.36 bits per heavy atom. The Bertz CT molecular complexity index is 442. The minimum atomic E-state index is -0.503. The number of nitrogens with zero attached hydrogens (tertiary/aromatic N) is 2. The number of nitrogens with one attached hydrogen (secondary N) is 1. The molecule has 1 saturated heterocycles. The maximum Gasteiger partial charge on any atom is 0.344 e. The summed E-state index contributed by atoms with van der Waals surface area (Å²) in [5, 5.41) is 5.99. The predicted molar refractivity (Wildman–Crippen MR) is 48.0 cm³/mol. The summed E-state index contributed by atoms with van der Waals surface area (Å²) >= 11 is 0. The molecule has 0 aromatic carbocycles. The summed E-state index contributed by atoms with van der Waals surface area (Å²) < 4.78 is 6.32. The van der Waals surface area contributed by atoms with Gasteiger partial charge in [-0.3, -0.25) is 9.36 Å². The Hall–Kier alpha value is -1.43. The number of hydrogen-bond donors (Lipinski definition) is 1. The molecule has 1 fully saturated rings. The van der Waals surface area contributed by atoms with E-state index < -0.39 is 5.69 Å². The van der Waals surface area contributed by atoms with Gasteiger partial charge < -0.3 is 4.74 Å². The van der Waals surface area contributed by atoms with Crippen molar-refractivity contribution >= 4 is 0 Å². The van der Waals surface area contributed by atoms with Gasteiger partial charge in [-0.25, -0.2) is 9.89 Å². The Morgan fingerprint density at radius 1 is 1.57 bits per heavy atom. The number of rotatable bonds is 1. The lowest BCUT2D eigenvalue weighted by molar-refractivity contribution is 0.106. The average Bonchev–Trinajstić information content (AvgIpc) is 2.67. The molecule has 0 aliphatic carbocycles. The smallest absolute Gasteiger partial charge is 0.344 e. The number of H-pyrrole nitrogens is 1. The molecule has 0 saturated carbocycles. The first-order valence-corrected chi connectivity index (χ1v) is 4.47. The maximum absolute atomic E-state index is 11.6. The molecule has 6 nitrogen and oxygen atoms in total. The molecule has 1 aliphatic heterocycles. The summed E-state index contributed by atoms with van der Waals surface area (Å²) in [6, 6.07) is 0. The van der Waals surface area contributed by atoms with Crippen molar-refractivity contribution in [2.45, 2.75) is 18.9 Å². The van der Waals surface area contributed by atoms with Gasteiger partial charge >= 0.3 is 5.69 Å². The lowest BCUT2D eigenvalue weighted by Crippen LogP contribution is -2.37. The Kier molecular flexibility index (Phi) is 2.20. The number of aromatic amines is 1. The minimum Gasteiger partial charge on any atom is -0.372 e. The Labute approximate surface area is 79.5 Å². The highest BCUT2D eigenvalue weighted by Crippen LogP contribution is 2.23. The van der Waals surface area contributed by atoms with E-state index in [0.717, 1.165) is 17.4 Å². The second-order valence-corrected chi connectivity index (χ2v) is 3.28. The van der Waals surface area contributed by atoms with E-state index in [-0.39, 0.29) is 11.7 Å². The molecule has 2 rings (SSSR count). The topological polar surface area (TPSA) is 77.0 Å². The zero-order chi connectivity index (χ0) is 10.1. The summed E-state index contributed by atoms with van der Waals surface area (Å²) in [5.41, 5.74) is -0.581. The van der Waals surface area contributed by atoms with Gasteiger partial charge in [0, 0.05) is 13.7 Å². The van der Waals surface area contributed by atoms with Crippen LogP contribution in [-0.2, 0) is 11.8 Å². The summed E-state index contributed by atoms with van der Waals surface area (Å²) in [4.78, 5) is 22.6. The quantitative estimate of drug-likeness (QED) is 0.647. The molecule has 2 heterocycles. The summed E-state index contributed by atoms with van der Waals surface area (Å²) in [6.45, 7) is 0.647. The van der Waals surface area contributed by atoms with Crippen LogP contribution in [0.3, 0.4) is 0 Å². The maximum atomic E-state index is 11.6. The minimum absolute atomic E-state index is 0.259. The van der Waals surface area contributed by atoms with Gasteiger partial charge in [-0.1, -0.05) is 0 Å². The van der Waals surface area contributed by atoms with E-state index in [1.165, 1.54) is 7.05 Å². The third-order valence-electron chi connectivity index (χ3n) is 2.34. The number of aromatic nitrogens is 3. The molecule has 0 amide bonds. The van der Waals surface area contributed by atoms with E-state index in [1.807, 2.05) is 0 Å². The monoisotopic (exact) mass is 197 g/mol. The third kappa shape index (κ3) is 1.37. The number of ether oxygens (including phenoxy) is 1. The predicted octanol–water partition coefficient (Wildman–Crippen LogP) is -0.680. The molecule has 0 radical (unpaired) electrons. The number of hydrogen-bond acceptors (Lipinski definition) is 4. The molecule has 1 aliphatic rings. The third-order valence-corrected chi connectivity index (χ3v) is 2.34. The van der Waals surface area contributed by atoms with Crippen LogP contribution in [0.1, 0.15) is 24.6 Å². The van der Waals surface area contributed by atoms with Crippen molar-refractivity contribution in [2.24, 2.45) is 7.05 Å². The molecular weight excluding hydrogens is 186 g/mol. The molecule has 1 N–H and O–H groups in total. The van der Waals surface area contributed by atoms with Crippen molar-refractivity contribution < 1.29 is 4.74 Å². The largest absolute Gasteiger partial charge is 0.372 e. The van der Waals surface area contributed by atoms with Crippen LogP contribution in [0.2, 0.25) is 0 Å². The molecule has 1 aromatic rings. The fourth-order valence-electron chi connectivity index (χ4n) is 1.50. The van der Waals surface area contributed by atoms with Gasteiger partial charge in [0.1, 0.15) is 6.10 Å². The first kappa shape index (κ1) is 9.14. The van der Waals surface area contributed by atoms with Gasteiger partial charge in [0.15, 0.2) is 5.69 Å². The summed E-state index contributed by atoms with van der Waals surface area (Å²) in [7, 11) is 1.42.